The van der Waals surface area contributed by atoms with Crippen LogP contribution in [0.5, 0.6) is 5.75 Å². The number of carbonyl (C=O) groups is 1. The van der Waals surface area contributed by atoms with Crippen LogP contribution in [-0.4, -0.2) is 38.3 Å². The van der Waals surface area contributed by atoms with E-state index in [1.54, 1.807) is 31.4 Å². The van der Waals surface area contributed by atoms with Gasteiger partial charge in [0.1, 0.15) is 5.75 Å². The summed E-state index contributed by atoms with van der Waals surface area (Å²) in [5.41, 5.74) is 6.00. The molecule has 20 heavy (non-hydrogen) atoms. The number of rotatable bonds is 8. The summed E-state index contributed by atoms with van der Waals surface area (Å²) in [6.45, 7) is 5.44. The Labute approximate surface area is 120 Å². The Kier molecular flexibility index (Phi) is 6.48. The Bertz CT molecular complexity index is 410. The number of hydrogen-bond donors (Lipinski definition) is 2. The number of amides is 1. The Hall–Kier alpha value is -1.59. The average Bonchev–Trinajstić information content (AvgIpc) is 2.41. The number of ether oxygens (including phenoxy) is 2. The first kappa shape index (κ1) is 16.5. The van der Waals surface area contributed by atoms with E-state index in [-0.39, 0.29) is 5.91 Å². The second-order valence-electron chi connectivity index (χ2n) is 5.39. The fourth-order valence-electron chi connectivity index (χ4n) is 1.51. The van der Waals surface area contributed by atoms with E-state index in [4.69, 9.17) is 15.2 Å². The van der Waals surface area contributed by atoms with Gasteiger partial charge in [0.15, 0.2) is 0 Å². The van der Waals surface area contributed by atoms with E-state index in [1.165, 1.54) is 0 Å². The first-order chi connectivity index (χ1) is 9.42. The monoisotopic (exact) mass is 280 g/mol. The zero-order chi connectivity index (χ0) is 15.0. The van der Waals surface area contributed by atoms with Crippen molar-refractivity contribution in [1.29, 1.82) is 0 Å². The largest absolute Gasteiger partial charge is 0.494 e. The van der Waals surface area contributed by atoms with Crippen LogP contribution in [0, 0.1) is 0 Å². The molecular formula is C15H24N2O3. The molecule has 1 aromatic rings. The van der Waals surface area contributed by atoms with Crippen LogP contribution in [0.2, 0.25) is 0 Å². The van der Waals surface area contributed by atoms with Gasteiger partial charge in [0, 0.05) is 37.8 Å². The lowest BCUT2D eigenvalue weighted by molar-refractivity contribution is 0.0946. The molecule has 0 unspecified atom stereocenters. The topological polar surface area (TPSA) is 73.6 Å². The van der Waals surface area contributed by atoms with E-state index in [9.17, 15) is 4.79 Å². The molecule has 0 atom stereocenters. The Morgan fingerprint density at radius 3 is 2.45 bits per heavy atom. The highest BCUT2D eigenvalue weighted by atomic mass is 16.5. The lowest BCUT2D eigenvalue weighted by Crippen LogP contribution is -2.45. The molecule has 1 amide bonds. The molecule has 5 nitrogen and oxygen atoms in total. The van der Waals surface area contributed by atoms with E-state index in [1.807, 2.05) is 13.8 Å². The summed E-state index contributed by atoms with van der Waals surface area (Å²) in [4.78, 5) is 11.9. The molecule has 0 spiro atoms. The molecule has 0 radical (unpaired) electrons. The Morgan fingerprint density at radius 1 is 1.25 bits per heavy atom. The molecule has 0 saturated carbocycles. The normalized spacial score (nSPS) is 11.2. The maximum absolute atomic E-state index is 11.9. The molecule has 0 saturated heterocycles. The highest BCUT2D eigenvalue weighted by Gasteiger charge is 2.13. The summed E-state index contributed by atoms with van der Waals surface area (Å²) in [6.07, 6.45) is 0.838. The molecule has 112 valence electrons. The first-order valence-corrected chi connectivity index (χ1v) is 6.71. The highest BCUT2D eigenvalue weighted by molar-refractivity contribution is 5.94. The Morgan fingerprint density at radius 2 is 1.90 bits per heavy atom. The zero-order valence-electron chi connectivity index (χ0n) is 12.4. The number of carbonyl (C=O) groups excluding carboxylic acids is 1. The summed E-state index contributed by atoms with van der Waals surface area (Å²) < 4.78 is 10.5. The van der Waals surface area contributed by atoms with Gasteiger partial charge in [0.05, 0.1) is 6.61 Å². The summed E-state index contributed by atoms with van der Waals surface area (Å²) in [5, 5.41) is 2.80. The van der Waals surface area contributed by atoms with E-state index >= 15 is 0 Å². The molecule has 3 N–H and O–H groups in total. The third-order valence-corrected chi connectivity index (χ3v) is 2.58. The van der Waals surface area contributed by atoms with Gasteiger partial charge in [-0.05, 0) is 38.1 Å². The summed E-state index contributed by atoms with van der Waals surface area (Å²) in [5.74, 6) is 0.617. The molecule has 0 aromatic heterocycles. The van der Waals surface area contributed by atoms with Crippen molar-refractivity contribution in [1.82, 2.24) is 5.32 Å². The van der Waals surface area contributed by atoms with Gasteiger partial charge in [-0.2, -0.15) is 0 Å². The van der Waals surface area contributed by atoms with E-state index < -0.39 is 5.54 Å². The Balaban J connectivity index is 2.43. The smallest absolute Gasteiger partial charge is 0.251 e. The van der Waals surface area contributed by atoms with Gasteiger partial charge in [-0.1, -0.05) is 0 Å². The minimum atomic E-state index is -0.417. The molecule has 0 fully saturated rings. The predicted octanol–water partition coefficient (Wildman–Crippen LogP) is 1.57. The van der Waals surface area contributed by atoms with Gasteiger partial charge < -0.3 is 20.5 Å². The molecule has 0 aliphatic rings. The van der Waals surface area contributed by atoms with Crippen LogP contribution in [0.25, 0.3) is 0 Å². The summed E-state index contributed by atoms with van der Waals surface area (Å²) in [7, 11) is 1.66. The molecule has 0 bridgehead atoms. The first-order valence-electron chi connectivity index (χ1n) is 6.71. The number of nitrogens with one attached hydrogen (secondary N) is 1. The number of nitrogens with two attached hydrogens (primary N) is 1. The van der Waals surface area contributed by atoms with Crippen LogP contribution in [0.4, 0.5) is 0 Å². The maximum atomic E-state index is 11.9. The van der Waals surface area contributed by atoms with Gasteiger partial charge in [0.25, 0.3) is 5.91 Å². The number of methoxy groups -OCH3 is 1. The van der Waals surface area contributed by atoms with Gasteiger partial charge in [-0.15, -0.1) is 0 Å². The predicted molar refractivity (Wildman–Crippen MR) is 79.0 cm³/mol. The van der Waals surface area contributed by atoms with Crippen molar-refractivity contribution in [2.45, 2.75) is 25.8 Å². The molecule has 5 heteroatoms. The van der Waals surface area contributed by atoms with Crippen molar-refractivity contribution in [3.05, 3.63) is 29.8 Å². The third kappa shape index (κ3) is 6.54. The van der Waals surface area contributed by atoms with Crippen molar-refractivity contribution < 1.29 is 14.3 Å². The standard InChI is InChI=1S/C15H24N2O3/c1-15(2,16)11-17-14(18)12-5-7-13(8-6-12)20-10-4-9-19-3/h5-8H,4,9-11,16H2,1-3H3,(H,17,18). The average molecular weight is 280 g/mol. The minimum Gasteiger partial charge on any atom is -0.494 e. The fourth-order valence-corrected chi connectivity index (χ4v) is 1.51. The summed E-state index contributed by atoms with van der Waals surface area (Å²) in [6, 6.07) is 7.06. The van der Waals surface area contributed by atoms with Crippen LogP contribution < -0.4 is 15.8 Å². The lowest BCUT2D eigenvalue weighted by atomic mass is 10.1. The SMILES string of the molecule is COCCCOc1ccc(C(=O)NCC(C)(C)N)cc1. The van der Waals surface area contributed by atoms with Crippen LogP contribution in [0.3, 0.4) is 0 Å². The van der Waals surface area contributed by atoms with Crippen LogP contribution in [0.1, 0.15) is 30.6 Å². The van der Waals surface area contributed by atoms with Crippen molar-refractivity contribution in [3.63, 3.8) is 0 Å². The lowest BCUT2D eigenvalue weighted by Gasteiger charge is -2.18. The van der Waals surface area contributed by atoms with Crippen LogP contribution in [-0.2, 0) is 4.74 Å². The molecule has 0 aliphatic carbocycles. The second-order valence-corrected chi connectivity index (χ2v) is 5.39. The van der Waals surface area contributed by atoms with Crippen molar-refractivity contribution in [3.8, 4) is 5.75 Å². The molecule has 1 rings (SSSR count). The van der Waals surface area contributed by atoms with Gasteiger partial charge >= 0.3 is 0 Å². The van der Waals surface area contributed by atoms with Crippen molar-refractivity contribution in [2.24, 2.45) is 5.73 Å². The molecule has 0 heterocycles. The van der Waals surface area contributed by atoms with Crippen molar-refractivity contribution >= 4 is 5.91 Å². The third-order valence-electron chi connectivity index (χ3n) is 2.58. The van der Waals surface area contributed by atoms with E-state index in [0.29, 0.717) is 25.3 Å². The number of hydrogen-bond acceptors (Lipinski definition) is 4. The fraction of sp³-hybridized carbons (Fsp3) is 0.533. The van der Waals surface area contributed by atoms with E-state index in [2.05, 4.69) is 5.32 Å². The summed E-state index contributed by atoms with van der Waals surface area (Å²) >= 11 is 0. The van der Waals surface area contributed by atoms with E-state index in [0.717, 1.165) is 12.2 Å². The maximum Gasteiger partial charge on any atom is 0.251 e. The van der Waals surface area contributed by atoms with Gasteiger partial charge in [0.2, 0.25) is 0 Å². The van der Waals surface area contributed by atoms with Crippen LogP contribution >= 0.6 is 0 Å². The van der Waals surface area contributed by atoms with Crippen molar-refractivity contribution in [2.75, 3.05) is 26.9 Å². The zero-order valence-corrected chi connectivity index (χ0v) is 12.4. The minimum absolute atomic E-state index is 0.130. The van der Waals surface area contributed by atoms with Gasteiger partial charge in [-0.3, -0.25) is 4.79 Å². The number of benzene rings is 1. The molecule has 0 aliphatic heterocycles. The van der Waals surface area contributed by atoms with Crippen LogP contribution in [0.15, 0.2) is 24.3 Å². The van der Waals surface area contributed by atoms with Gasteiger partial charge in [-0.25, -0.2) is 0 Å². The highest BCUT2D eigenvalue weighted by Crippen LogP contribution is 2.12. The molecular weight excluding hydrogens is 256 g/mol. The molecule has 1 aromatic carbocycles. The second kappa shape index (κ2) is 7.87. The quantitative estimate of drug-likeness (QED) is 0.709.